The first-order valence-corrected chi connectivity index (χ1v) is 7.28. The Balaban J connectivity index is 3.01. The van der Waals surface area contributed by atoms with E-state index in [2.05, 4.69) is 19.2 Å². The summed E-state index contributed by atoms with van der Waals surface area (Å²) in [5.74, 6) is -0.504. The summed E-state index contributed by atoms with van der Waals surface area (Å²) in [7, 11) is 0. The summed E-state index contributed by atoms with van der Waals surface area (Å²) in [5, 5.41) is 3.07. The van der Waals surface area contributed by atoms with Crippen LogP contribution in [-0.2, 0) is 0 Å². The van der Waals surface area contributed by atoms with Crippen molar-refractivity contribution in [3.05, 3.63) is 34.4 Å². The van der Waals surface area contributed by atoms with Gasteiger partial charge in [-0.2, -0.15) is 0 Å². The Morgan fingerprint density at radius 3 is 2.26 bits per heavy atom. The molecule has 19 heavy (non-hydrogen) atoms. The Bertz CT molecular complexity index is 405. The molecule has 0 bridgehead atoms. The van der Waals surface area contributed by atoms with Crippen molar-refractivity contribution in [2.45, 2.75) is 46.1 Å². The normalized spacial score (nSPS) is 13.0. The molecular formula is C15H22ClF2N. The fraction of sp³-hybridized carbons (Fsp3) is 0.600. The number of halogens is 3. The van der Waals surface area contributed by atoms with Crippen LogP contribution in [0.5, 0.6) is 0 Å². The highest BCUT2D eigenvalue weighted by atomic mass is 35.5. The van der Waals surface area contributed by atoms with Gasteiger partial charge < -0.3 is 5.32 Å². The zero-order chi connectivity index (χ0) is 14.4. The van der Waals surface area contributed by atoms with E-state index in [1.54, 1.807) is 0 Å². The van der Waals surface area contributed by atoms with Crippen LogP contribution in [0.2, 0.25) is 5.02 Å². The van der Waals surface area contributed by atoms with Crippen molar-refractivity contribution in [1.82, 2.24) is 5.32 Å². The maximum absolute atomic E-state index is 14.0. The van der Waals surface area contributed by atoms with Gasteiger partial charge in [-0.25, -0.2) is 8.78 Å². The Morgan fingerprint density at radius 1 is 1.11 bits per heavy atom. The highest BCUT2D eigenvalue weighted by molar-refractivity contribution is 6.30. The third-order valence-electron chi connectivity index (χ3n) is 3.59. The topological polar surface area (TPSA) is 12.0 Å². The summed E-state index contributed by atoms with van der Waals surface area (Å²) in [6.07, 6.45) is 2.88. The molecule has 1 N–H and O–H groups in total. The first-order valence-electron chi connectivity index (χ1n) is 6.91. The molecule has 0 fully saturated rings. The van der Waals surface area contributed by atoms with Crippen LogP contribution >= 0.6 is 11.6 Å². The SMILES string of the molecule is CCNC(CC(CC)CC)c1cc(F)c(Cl)cc1F. The van der Waals surface area contributed by atoms with Crippen molar-refractivity contribution >= 4 is 11.6 Å². The molecular weight excluding hydrogens is 268 g/mol. The number of benzene rings is 1. The lowest BCUT2D eigenvalue weighted by atomic mass is 9.91. The molecule has 0 aliphatic rings. The molecule has 1 unspecified atom stereocenters. The number of nitrogens with one attached hydrogen (secondary N) is 1. The van der Waals surface area contributed by atoms with E-state index in [4.69, 9.17) is 11.6 Å². The van der Waals surface area contributed by atoms with Crippen LogP contribution in [0.25, 0.3) is 0 Å². The van der Waals surface area contributed by atoms with Crippen LogP contribution in [0.3, 0.4) is 0 Å². The highest BCUT2D eigenvalue weighted by Gasteiger charge is 2.20. The van der Waals surface area contributed by atoms with Gasteiger partial charge in [0, 0.05) is 11.6 Å². The molecule has 0 aliphatic carbocycles. The van der Waals surface area contributed by atoms with Gasteiger partial charge in [0.2, 0.25) is 0 Å². The van der Waals surface area contributed by atoms with E-state index in [1.807, 2.05) is 6.92 Å². The van der Waals surface area contributed by atoms with E-state index < -0.39 is 11.6 Å². The van der Waals surface area contributed by atoms with Crippen molar-refractivity contribution in [1.29, 1.82) is 0 Å². The second-order valence-electron chi connectivity index (χ2n) is 4.82. The van der Waals surface area contributed by atoms with E-state index in [-0.39, 0.29) is 11.1 Å². The summed E-state index contributed by atoms with van der Waals surface area (Å²) in [5.41, 5.74) is 0.371. The molecule has 1 aromatic carbocycles. The summed E-state index contributed by atoms with van der Waals surface area (Å²) in [6, 6.07) is 2.11. The molecule has 1 aromatic rings. The molecule has 0 aromatic heterocycles. The van der Waals surface area contributed by atoms with E-state index in [0.717, 1.165) is 25.3 Å². The molecule has 0 spiro atoms. The second kappa shape index (κ2) is 7.81. The zero-order valence-corrected chi connectivity index (χ0v) is 12.5. The molecule has 0 aliphatic heterocycles. The van der Waals surface area contributed by atoms with Crippen LogP contribution in [0.1, 0.15) is 51.6 Å². The van der Waals surface area contributed by atoms with E-state index >= 15 is 0 Å². The minimum Gasteiger partial charge on any atom is -0.310 e. The average Bonchev–Trinajstić information content (AvgIpc) is 2.39. The van der Waals surface area contributed by atoms with E-state index in [0.29, 0.717) is 18.0 Å². The lowest BCUT2D eigenvalue weighted by Gasteiger charge is -2.23. The van der Waals surface area contributed by atoms with E-state index in [9.17, 15) is 8.78 Å². The summed E-state index contributed by atoms with van der Waals surface area (Å²) < 4.78 is 27.5. The standard InChI is InChI=1S/C15H22ClF2N/c1-4-10(5-2)7-15(19-6-3)11-8-14(18)12(16)9-13(11)17/h8-10,15,19H,4-7H2,1-3H3. The predicted molar refractivity (Wildman–Crippen MR) is 76.5 cm³/mol. The molecule has 0 amide bonds. The number of hydrogen-bond acceptors (Lipinski definition) is 1. The van der Waals surface area contributed by atoms with Crippen LogP contribution in [-0.4, -0.2) is 6.54 Å². The Hall–Kier alpha value is -0.670. The lowest BCUT2D eigenvalue weighted by molar-refractivity contribution is 0.367. The van der Waals surface area contributed by atoms with E-state index in [1.165, 1.54) is 6.07 Å². The van der Waals surface area contributed by atoms with Crippen LogP contribution in [0.15, 0.2) is 12.1 Å². The van der Waals surface area contributed by atoms with Crippen molar-refractivity contribution in [2.24, 2.45) is 5.92 Å². The van der Waals surface area contributed by atoms with Gasteiger partial charge in [-0.15, -0.1) is 0 Å². The second-order valence-corrected chi connectivity index (χ2v) is 5.22. The number of hydrogen-bond donors (Lipinski definition) is 1. The first-order chi connectivity index (χ1) is 9.03. The molecule has 1 atom stereocenters. The summed E-state index contributed by atoms with van der Waals surface area (Å²) in [6.45, 7) is 6.92. The van der Waals surface area contributed by atoms with Gasteiger partial charge in [-0.05, 0) is 31.0 Å². The first kappa shape index (κ1) is 16.4. The van der Waals surface area contributed by atoms with Gasteiger partial charge >= 0.3 is 0 Å². The summed E-state index contributed by atoms with van der Waals surface area (Å²) in [4.78, 5) is 0. The quantitative estimate of drug-likeness (QED) is 0.689. The van der Waals surface area contributed by atoms with Gasteiger partial charge in [0.1, 0.15) is 11.6 Å². The molecule has 0 saturated carbocycles. The highest BCUT2D eigenvalue weighted by Crippen LogP contribution is 2.29. The monoisotopic (exact) mass is 289 g/mol. The largest absolute Gasteiger partial charge is 0.310 e. The minimum atomic E-state index is -0.564. The molecule has 108 valence electrons. The van der Waals surface area contributed by atoms with Crippen molar-refractivity contribution in [2.75, 3.05) is 6.54 Å². The van der Waals surface area contributed by atoms with Crippen molar-refractivity contribution < 1.29 is 8.78 Å². The fourth-order valence-corrected chi connectivity index (χ4v) is 2.48. The molecule has 4 heteroatoms. The fourth-order valence-electron chi connectivity index (χ4n) is 2.33. The lowest BCUT2D eigenvalue weighted by Crippen LogP contribution is -2.24. The maximum Gasteiger partial charge on any atom is 0.142 e. The maximum atomic E-state index is 14.0. The zero-order valence-electron chi connectivity index (χ0n) is 11.8. The minimum absolute atomic E-state index is 0.165. The molecule has 0 radical (unpaired) electrons. The third kappa shape index (κ3) is 4.43. The summed E-state index contributed by atoms with van der Waals surface area (Å²) >= 11 is 5.59. The van der Waals surface area contributed by atoms with Crippen molar-refractivity contribution in [3.63, 3.8) is 0 Å². The van der Waals surface area contributed by atoms with Crippen LogP contribution in [0, 0.1) is 17.6 Å². The van der Waals surface area contributed by atoms with Crippen LogP contribution in [0.4, 0.5) is 8.78 Å². The Labute approximate surface area is 119 Å². The molecule has 0 saturated heterocycles. The van der Waals surface area contributed by atoms with Crippen LogP contribution < -0.4 is 5.32 Å². The molecule has 1 rings (SSSR count). The predicted octanol–water partition coefficient (Wildman–Crippen LogP) is 5.10. The number of rotatable bonds is 7. The van der Waals surface area contributed by atoms with Gasteiger partial charge in [0.15, 0.2) is 0 Å². The Morgan fingerprint density at radius 2 is 1.74 bits per heavy atom. The Kier molecular flexibility index (Phi) is 6.73. The van der Waals surface area contributed by atoms with Gasteiger partial charge in [-0.3, -0.25) is 0 Å². The van der Waals surface area contributed by atoms with Gasteiger partial charge in [-0.1, -0.05) is 45.2 Å². The van der Waals surface area contributed by atoms with Gasteiger partial charge in [0.05, 0.1) is 5.02 Å². The third-order valence-corrected chi connectivity index (χ3v) is 3.88. The van der Waals surface area contributed by atoms with Crippen molar-refractivity contribution in [3.8, 4) is 0 Å². The average molecular weight is 290 g/mol. The smallest absolute Gasteiger partial charge is 0.142 e. The molecule has 0 heterocycles. The molecule has 1 nitrogen and oxygen atoms in total. The van der Waals surface area contributed by atoms with Gasteiger partial charge in [0.25, 0.3) is 0 Å².